The van der Waals surface area contributed by atoms with E-state index in [0.717, 1.165) is 10.8 Å². The van der Waals surface area contributed by atoms with Gasteiger partial charge in [-0.05, 0) is 27.1 Å². The fraction of sp³-hybridized carbons (Fsp3) is 0. The second-order valence-corrected chi connectivity index (χ2v) is 3.84. The Kier molecular flexibility index (Phi) is 2.10. The number of hydrogen-bond acceptors (Lipinski definition) is 0. The van der Waals surface area contributed by atoms with E-state index in [1.807, 2.05) is 36.4 Å². The van der Waals surface area contributed by atoms with Crippen LogP contribution in [-0.4, -0.2) is 0 Å². The van der Waals surface area contributed by atoms with E-state index in [-0.39, 0.29) is 0 Å². The fourth-order valence-corrected chi connectivity index (χ4v) is 2.16. The first-order valence-electron chi connectivity index (χ1n) is 5.24. The minimum atomic E-state index is 0.642. The Bertz CT molecular complexity index is 656. The monoisotopic (exact) mass is 209 g/mol. The van der Waals surface area contributed by atoms with Crippen molar-refractivity contribution in [1.29, 1.82) is 0 Å². The standard InChI is InChI=1S/C15H10F/c16-10-12-5-3-7-15-13-6-2-1-4-11(13)8-9-14(12)15/h1-10H. The lowest BCUT2D eigenvalue weighted by atomic mass is 9.99. The molecule has 3 rings (SSSR count). The lowest BCUT2D eigenvalue weighted by Gasteiger charge is -2.06. The molecular weight excluding hydrogens is 199 g/mol. The van der Waals surface area contributed by atoms with Crippen molar-refractivity contribution in [2.75, 3.05) is 0 Å². The molecule has 0 unspecified atom stereocenters. The molecule has 0 nitrogen and oxygen atoms in total. The lowest BCUT2D eigenvalue weighted by molar-refractivity contribution is 0.648. The zero-order valence-electron chi connectivity index (χ0n) is 8.65. The Labute approximate surface area is 93.3 Å². The SMILES string of the molecule is F[CH]c1cccc2c1ccc1ccccc12. The van der Waals surface area contributed by atoms with Crippen LogP contribution in [0.5, 0.6) is 0 Å². The smallest absolute Gasteiger partial charge is 0.161 e. The van der Waals surface area contributed by atoms with Gasteiger partial charge in [0, 0.05) is 0 Å². The maximum atomic E-state index is 12.7. The summed E-state index contributed by atoms with van der Waals surface area (Å²) in [4.78, 5) is 0. The number of benzene rings is 3. The van der Waals surface area contributed by atoms with Gasteiger partial charge < -0.3 is 0 Å². The van der Waals surface area contributed by atoms with Gasteiger partial charge in [0.05, 0.1) is 0 Å². The molecule has 0 bridgehead atoms. The summed E-state index contributed by atoms with van der Waals surface area (Å²) in [6.45, 7) is 0.664. The third-order valence-electron chi connectivity index (χ3n) is 2.94. The summed E-state index contributed by atoms with van der Waals surface area (Å²) in [7, 11) is 0. The van der Waals surface area contributed by atoms with Crippen LogP contribution < -0.4 is 0 Å². The van der Waals surface area contributed by atoms with Crippen LogP contribution in [0.25, 0.3) is 21.5 Å². The second-order valence-electron chi connectivity index (χ2n) is 3.84. The molecular formula is C15H10F. The molecule has 0 aliphatic rings. The average molecular weight is 209 g/mol. The molecule has 0 atom stereocenters. The van der Waals surface area contributed by atoms with Crippen molar-refractivity contribution in [2.24, 2.45) is 0 Å². The molecule has 0 aliphatic carbocycles. The lowest BCUT2D eigenvalue weighted by Crippen LogP contribution is -1.82. The van der Waals surface area contributed by atoms with E-state index in [0.29, 0.717) is 12.2 Å². The van der Waals surface area contributed by atoms with Crippen molar-refractivity contribution in [1.82, 2.24) is 0 Å². The van der Waals surface area contributed by atoms with Gasteiger partial charge in [0.25, 0.3) is 0 Å². The molecule has 16 heavy (non-hydrogen) atoms. The summed E-state index contributed by atoms with van der Waals surface area (Å²) in [5, 5.41) is 4.42. The predicted octanol–water partition coefficient (Wildman–Crippen LogP) is 4.47. The van der Waals surface area contributed by atoms with Crippen LogP contribution >= 0.6 is 0 Å². The van der Waals surface area contributed by atoms with Crippen molar-refractivity contribution < 1.29 is 4.39 Å². The van der Waals surface area contributed by atoms with E-state index >= 15 is 0 Å². The quantitative estimate of drug-likeness (QED) is 0.518. The minimum Gasteiger partial charge on any atom is -0.239 e. The second kappa shape index (κ2) is 3.60. The van der Waals surface area contributed by atoms with Crippen LogP contribution in [0.2, 0.25) is 0 Å². The topological polar surface area (TPSA) is 0 Å². The molecule has 77 valence electrons. The molecule has 0 spiro atoms. The third-order valence-corrected chi connectivity index (χ3v) is 2.94. The Morgan fingerprint density at radius 2 is 1.50 bits per heavy atom. The Hall–Kier alpha value is -1.89. The summed E-state index contributed by atoms with van der Waals surface area (Å²) >= 11 is 0. The van der Waals surface area contributed by atoms with Crippen molar-refractivity contribution in [3.63, 3.8) is 0 Å². The fourth-order valence-electron chi connectivity index (χ4n) is 2.16. The Morgan fingerprint density at radius 3 is 2.38 bits per heavy atom. The van der Waals surface area contributed by atoms with Crippen LogP contribution in [0, 0.1) is 6.67 Å². The van der Waals surface area contributed by atoms with Gasteiger partial charge in [-0.3, -0.25) is 0 Å². The van der Waals surface area contributed by atoms with Gasteiger partial charge in [-0.25, -0.2) is 4.39 Å². The van der Waals surface area contributed by atoms with Gasteiger partial charge in [-0.15, -0.1) is 0 Å². The summed E-state index contributed by atoms with van der Waals surface area (Å²) in [6.07, 6.45) is 0. The normalized spacial score (nSPS) is 11.1. The minimum absolute atomic E-state index is 0.642. The average Bonchev–Trinajstić information content (AvgIpc) is 2.37. The molecule has 3 aromatic carbocycles. The summed E-state index contributed by atoms with van der Waals surface area (Å²) in [6, 6.07) is 17.9. The molecule has 0 aliphatic heterocycles. The number of halogens is 1. The third kappa shape index (κ3) is 1.28. The molecule has 1 heteroatoms. The van der Waals surface area contributed by atoms with Gasteiger partial charge >= 0.3 is 0 Å². The molecule has 3 aromatic rings. The molecule has 1 radical (unpaired) electrons. The van der Waals surface area contributed by atoms with Crippen LogP contribution in [0.1, 0.15) is 5.56 Å². The maximum Gasteiger partial charge on any atom is 0.161 e. The molecule has 0 amide bonds. The van der Waals surface area contributed by atoms with Crippen LogP contribution in [0.3, 0.4) is 0 Å². The van der Waals surface area contributed by atoms with Crippen molar-refractivity contribution in [3.8, 4) is 0 Å². The van der Waals surface area contributed by atoms with Crippen LogP contribution in [-0.2, 0) is 0 Å². The van der Waals surface area contributed by atoms with Gasteiger partial charge in [-0.1, -0.05) is 54.6 Å². The Balaban J connectivity index is 2.52. The van der Waals surface area contributed by atoms with E-state index in [4.69, 9.17) is 0 Å². The maximum absolute atomic E-state index is 12.7. The van der Waals surface area contributed by atoms with E-state index in [1.54, 1.807) is 6.07 Å². The highest BCUT2D eigenvalue weighted by atomic mass is 19.1. The molecule has 0 fully saturated rings. The van der Waals surface area contributed by atoms with Gasteiger partial charge in [-0.2, -0.15) is 0 Å². The molecule has 0 saturated carbocycles. The molecule has 0 heterocycles. The summed E-state index contributed by atoms with van der Waals surface area (Å²) in [5.41, 5.74) is 0.642. The van der Waals surface area contributed by atoms with Crippen LogP contribution in [0.4, 0.5) is 4.39 Å². The number of rotatable bonds is 1. The number of hydrogen-bond donors (Lipinski definition) is 0. The van der Waals surface area contributed by atoms with Crippen molar-refractivity contribution in [2.45, 2.75) is 0 Å². The van der Waals surface area contributed by atoms with E-state index in [2.05, 4.69) is 12.1 Å². The highest BCUT2D eigenvalue weighted by Gasteiger charge is 2.03. The van der Waals surface area contributed by atoms with Crippen LogP contribution in [0.15, 0.2) is 54.6 Å². The zero-order valence-corrected chi connectivity index (χ0v) is 8.65. The Morgan fingerprint density at radius 1 is 0.688 bits per heavy atom. The van der Waals surface area contributed by atoms with E-state index in [1.165, 1.54) is 10.8 Å². The van der Waals surface area contributed by atoms with Gasteiger partial charge in [0.2, 0.25) is 0 Å². The van der Waals surface area contributed by atoms with E-state index < -0.39 is 0 Å². The molecule has 0 N–H and O–H groups in total. The first kappa shape index (κ1) is 9.34. The highest BCUT2D eigenvalue weighted by molar-refractivity contribution is 6.08. The van der Waals surface area contributed by atoms with Crippen molar-refractivity contribution in [3.05, 3.63) is 66.8 Å². The molecule has 0 saturated heterocycles. The zero-order chi connectivity index (χ0) is 11.0. The van der Waals surface area contributed by atoms with Crippen molar-refractivity contribution >= 4 is 21.5 Å². The first-order chi connectivity index (χ1) is 7.90. The predicted molar refractivity (Wildman–Crippen MR) is 66.0 cm³/mol. The summed E-state index contributed by atoms with van der Waals surface area (Å²) < 4.78 is 12.7. The summed E-state index contributed by atoms with van der Waals surface area (Å²) in [5.74, 6) is 0. The first-order valence-corrected chi connectivity index (χ1v) is 5.24. The van der Waals surface area contributed by atoms with Gasteiger partial charge in [0.1, 0.15) is 0 Å². The highest BCUT2D eigenvalue weighted by Crippen LogP contribution is 2.28. The largest absolute Gasteiger partial charge is 0.239 e. The van der Waals surface area contributed by atoms with E-state index in [9.17, 15) is 4.39 Å². The molecule has 0 aromatic heterocycles. The van der Waals surface area contributed by atoms with Gasteiger partial charge in [0.15, 0.2) is 6.67 Å². The number of fused-ring (bicyclic) bond motifs is 3.